The van der Waals surface area contributed by atoms with E-state index in [1.165, 1.54) is 11.3 Å². The number of benzene rings is 1. The van der Waals surface area contributed by atoms with Crippen LogP contribution in [0.3, 0.4) is 0 Å². The number of anilines is 1. The van der Waals surface area contributed by atoms with Crippen LogP contribution in [-0.4, -0.2) is 11.6 Å². The highest BCUT2D eigenvalue weighted by molar-refractivity contribution is 7.16. The van der Waals surface area contributed by atoms with Crippen molar-refractivity contribution in [2.45, 2.75) is 13.8 Å². The summed E-state index contributed by atoms with van der Waals surface area (Å²) in [4.78, 5) is 4.41. The average molecular weight is 234 g/mol. The Morgan fingerprint density at radius 3 is 2.50 bits per heavy atom. The first-order valence-electron chi connectivity index (χ1n) is 5.17. The summed E-state index contributed by atoms with van der Waals surface area (Å²) >= 11 is 1.51. The highest BCUT2D eigenvalue weighted by Crippen LogP contribution is 2.30. The molecule has 16 heavy (non-hydrogen) atoms. The number of aryl methyl sites for hydroxylation is 1. The number of hydrogen-bond donors (Lipinski definition) is 1. The molecule has 0 aliphatic rings. The van der Waals surface area contributed by atoms with E-state index in [1.807, 2.05) is 38.1 Å². The maximum absolute atomic E-state index is 5.89. The van der Waals surface area contributed by atoms with Crippen LogP contribution in [-0.2, 0) is 0 Å². The van der Waals surface area contributed by atoms with Crippen LogP contribution in [0.2, 0.25) is 0 Å². The second-order valence-corrected chi connectivity index (χ2v) is 4.64. The maximum Gasteiger partial charge on any atom is 0.119 e. The molecule has 0 amide bonds. The van der Waals surface area contributed by atoms with Crippen LogP contribution < -0.4 is 10.5 Å². The van der Waals surface area contributed by atoms with Crippen LogP contribution in [0.1, 0.15) is 11.9 Å². The van der Waals surface area contributed by atoms with E-state index in [4.69, 9.17) is 10.5 Å². The molecule has 1 aromatic carbocycles. The van der Waals surface area contributed by atoms with Gasteiger partial charge < -0.3 is 10.5 Å². The van der Waals surface area contributed by atoms with Crippen molar-refractivity contribution in [3.05, 3.63) is 29.3 Å². The zero-order chi connectivity index (χ0) is 11.5. The Balaban J connectivity index is 2.31. The molecule has 2 N–H and O–H groups in total. The molecule has 0 aliphatic heterocycles. The van der Waals surface area contributed by atoms with Gasteiger partial charge in [-0.2, -0.15) is 0 Å². The Morgan fingerprint density at radius 1 is 1.31 bits per heavy atom. The number of nitrogens with two attached hydrogens (primary N) is 1. The van der Waals surface area contributed by atoms with Crippen LogP contribution in [0.25, 0.3) is 11.3 Å². The Hall–Kier alpha value is -1.55. The molecule has 1 heterocycles. The Labute approximate surface area is 98.9 Å². The van der Waals surface area contributed by atoms with Crippen LogP contribution in [0.4, 0.5) is 5.00 Å². The summed E-state index contributed by atoms with van der Waals surface area (Å²) in [7, 11) is 0. The lowest BCUT2D eigenvalue weighted by atomic mass is 10.1. The van der Waals surface area contributed by atoms with E-state index in [2.05, 4.69) is 4.98 Å². The number of rotatable bonds is 3. The molecule has 0 saturated carbocycles. The topological polar surface area (TPSA) is 48.1 Å². The molecule has 0 fully saturated rings. The van der Waals surface area contributed by atoms with Crippen molar-refractivity contribution in [3.63, 3.8) is 0 Å². The van der Waals surface area contributed by atoms with Crippen LogP contribution >= 0.6 is 11.3 Å². The summed E-state index contributed by atoms with van der Waals surface area (Å²) in [6.07, 6.45) is 0. The molecule has 84 valence electrons. The standard InChI is InChI=1S/C12H14N2OS/c1-3-15-10-6-4-9(5-7-10)11-12(13)16-8(2)14-11/h4-7H,3,13H2,1-2H3. The minimum atomic E-state index is 0.678. The van der Waals surface area contributed by atoms with Crippen molar-refractivity contribution < 1.29 is 4.74 Å². The van der Waals surface area contributed by atoms with E-state index in [1.54, 1.807) is 0 Å². The molecule has 2 aromatic rings. The van der Waals surface area contributed by atoms with Gasteiger partial charge in [-0.3, -0.25) is 0 Å². The summed E-state index contributed by atoms with van der Waals surface area (Å²) in [5.41, 5.74) is 7.79. The fraction of sp³-hybridized carbons (Fsp3) is 0.250. The van der Waals surface area contributed by atoms with Crippen molar-refractivity contribution in [3.8, 4) is 17.0 Å². The van der Waals surface area contributed by atoms with Gasteiger partial charge in [-0.25, -0.2) is 4.98 Å². The fourth-order valence-electron chi connectivity index (χ4n) is 1.53. The molecule has 0 unspecified atom stereocenters. The monoisotopic (exact) mass is 234 g/mol. The predicted octanol–water partition coefficient (Wildman–Crippen LogP) is 3.10. The number of thiazole rings is 1. The van der Waals surface area contributed by atoms with Crippen LogP contribution in [0.15, 0.2) is 24.3 Å². The van der Waals surface area contributed by atoms with Crippen molar-refractivity contribution >= 4 is 16.3 Å². The smallest absolute Gasteiger partial charge is 0.119 e. The first kappa shape index (κ1) is 11.0. The summed E-state index contributed by atoms with van der Waals surface area (Å²) in [5.74, 6) is 0.872. The normalized spacial score (nSPS) is 10.4. The van der Waals surface area contributed by atoms with Gasteiger partial charge in [0, 0.05) is 5.56 Å². The van der Waals surface area contributed by atoms with E-state index in [0.29, 0.717) is 6.61 Å². The van der Waals surface area contributed by atoms with E-state index < -0.39 is 0 Å². The predicted molar refractivity (Wildman–Crippen MR) is 67.9 cm³/mol. The van der Waals surface area contributed by atoms with Crippen molar-refractivity contribution in [1.82, 2.24) is 4.98 Å². The Morgan fingerprint density at radius 2 is 2.00 bits per heavy atom. The summed E-state index contributed by atoms with van der Waals surface area (Å²) in [5, 5.41) is 1.75. The van der Waals surface area contributed by atoms with Gasteiger partial charge >= 0.3 is 0 Å². The van der Waals surface area contributed by atoms with Gasteiger partial charge in [-0.15, -0.1) is 11.3 Å². The first-order valence-corrected chi connectivity index (χ1v) is 5.98. The lowest BCUT2D eigenvalue weighted by molar-refractivity contribution is 0.340. The van der Waals surface area contributed by atoms with Crippen molar-refractivity contribution in [2.24, 2.45) is 0 Å². The zero-order valence-corrected chi connectivity index (χ0v) is 10.2. The SMILES string of the molecule is CCOc1ccc(-c2nc(C)sc2N)cc1. The third-order valence-corrected chi connectivity index (χ3v) is 3.00. The molecule has 0 spiro atoms. The highest BCUT2D eigenvalue weighted by Gasteiger charge is 2.08. The van der Waals surface area contributed by atoms with E-state index in [0.717, 1.165) is 27.0 Å². The summed E-state index contributed by atoms with van der Waals surface area (Å²) in [6.45, 7) is 4.60. The van der Waals surface area contributed by atoms with Gasteiger partial charge in [0.15, 0.2) is 0 Å². The third-order valence-electron chi connectivity index (χ3n) is 2.20. The molecule has 1 aromatic heterocycles. The number of nitrogens with zero attached hydrogens (tertiary/aromatic N) is 1. The third kappa shape index (κ3) is 2.17. The second-order valence-electron chi connectivity index (χ2n) is 3.40. The van der Waals surface area contributed by atoms with E-state index >= 15 is 0 Å². The molecule has 0 atom stereocenters. The maximum atomic E-state index is 5.89. The molecule has 2 rings (SSSR count). The van der Waals surface area contributed by atoms with Gasteiger partial charge in [0.1, 0.15) is 16.4 Å². The van der Waals surface area contributed by atoms with Gasteiger partial charge in [0.05, 0.1) is 11.6 Å². The summed E-state index contributed by atoms with van der Waals surface area (Å²) in [6, 6.07) is 7.84. The second kappa shape index (κ2) is 4.53. The van der Waals surface area contributed by atoms with Crippen LogP contribution in [0.5, 0.6) is 5.75 Å². The lowest BCUT2D eigenvalue weighted by Gasteiger charge is -2.03. The first-order chi connectivity index (χ1) is 7.70. The van der Waals surface area contributed by atoms with Crippen molar-refractivity contribution in [2.75, 3.05) is 12.3 Å². The lowest BCUT2D eigenvalue weighted by Crippen LogP contribution is -1.91. The highest BCUT2D eigenvalue weighted by atomic mass is 32.1. The molecule has 0 bridgehead atoms. The minimum Gasteiger partial charge on any atom is -0.494 e. The van der Waals surface area contributed by atoms with E-state index in [-0.39, 0.29) is 0 Å². The summed E-state index contributed by atoms with van der Waals surface area (Å²) < 4.78 is 5.38. The Kier molecular flexibility index (Phi) is 3.10. The quantitative estimate of drug-likeness (QED) is 0.887. The zero-order valence-electron chi connectivity index (χ0n) is 9.36. The minimum absolute atomic E-state index is 0.678. The largest absolute Gasteiger partial charge is 0.494 e. The molecule has 4 heteroatoms. The Bertz CT molecular complexity index is 476. The van der Waals surface area contributed by atoms with Gasteiger partial charge in [0.2, 0.25) is 0 Å². The van der Waals surface area contributed by atoms with E-state index in [9.17, 15) is 0 Å². The van der Waals surface area contributed by atoms with Crippen molar-refractivity contribution in [1.29, 1.82) is 0 Å². The molecular formula is C12H14N2OS. The number of hydrogen-bond acceptors (Lipinski definition) is 4. The van der Waals surface area contributed by atoms with Gasteiger partial charge in [-0.1, -0.05) is 0 Å². The molecular weight excluding hydrogens is 220 g/mol. The van der Waals surface area contributed by atoms with Gasteiger partial charge in [0.25, 0.3) is 0 Å². The average Bonchev–Trinajstić information content (AvgIpc) is 2.59. The van der Waals surface area contributed by atoms with Gasteiger partial charge in [-0.05, 0) is 38.1 Å². The number of nitrogen functional groups attached to an aromatic ring is 1. The molecule has 3 nitrogen and oxygen atoms in total. The fourth-order valence-corrected chi connectivity index (χ4v) is 2.24. The number of aromatic nitrogens is 1. The molecule has 0 aliphatic carbocycles. The number of ether oxygens (including phenoxy) is 1. The molecule has 0 saturated heterocycles. The van der Waals surface area contributed by atoms with Crippen LogP contribution in [0, 0.1) is 6.92 Å². The molecule has 0 radical (unpaired) electrons.